The van der Waals surface area contributed by atoms with E-state index in [4.69, 9.17) is 0 Å². The van der Waals surface area contributed by atoms with Crippen molar-refractivity contribution >= 4 is 11.8 Å². The van der Waals surface area contributed by atoms with E-state index >= 15 is 0 Å². The minimum absolute atomic E-state index is 0.0423. The molecular formula is C20H25F2N5O2. The number of aromatic nitrogens is 2. The van der Waals surface area contributed by atoms with Gasteiger partial charge in [0.2, 0.25) is 5.91 Å². The molecule has 156 valence electrons. The van der Waals surface area contributed by atoms with E-state index in [0.717, 1.165) is 12.1 Å². The molecule has 1 saturated heterocycles. The van der Waals surface area contributed by atoms with Crippen molar-refractivity contribution in [2.45, 2.75) is 18.9 Å². The third-order valence-electron chi connectivity index (χ3n) is 5.04. The number of nitrogens with one attached hydrogen (secondary N) is 1. The first-order valence-corrected chi connectivity index (χ1v) is 9.47. The SMILES string of the molecule is CN(C)C(=O)CN1CCC(NC(=O)c2cn(C)nc2-c2ccc(F)cc2F)CC1. The summed E-state index contributed by atoms with van der Waals surface area (Å²) in [6, 6.07) is 3.15. The number of likely N-dealkylation sites (N-methyl/N-ethyl adjacent to an activating group) is 1. The average Bonchev–Trinajstić information content (AvgIpc) is 3.04. The van der Waals surface area contributed by atoms with Crippen LogP contribution >= 0.6 is 0 Å². The van der Waals surface area contributed by atoms with Gasteiger partial charge in [-0.2, -0.15) is 5.10 Å². The number of amides is 2. The molecule has 0 bridgehead atoms. The van der Waals surface area contributed by atoms with Crippen LogP contribution in [-0.2, 0) is 11.8 Å². The lowest BCUT2D eigenvalue weighted by atomic mass is 10.0. The maximum Gasteiger partial charge on any atom is 0.255 e. The smallest absolute Gasteiger partial charge is 0.255 e. The molecule has 1 aromatic carbocycles. The molecule has 9 heteroatoms. The highest BCUT2D eigenvalue weighted by Crippen LogP contribution is 2.26. The third kappa shape index (κ3) is 4.97. The second-order valence-corrected chi connectivity index (χ2v) is 7.50. The van der Waals surface area contributed by atoms with Gasteiger partial charge in [-0.15, -0.1) is 0 Å². The summed E-state index contributed by atoms with van der Waals surface area (Å²) in [4.78, 5) is 28.3. The molecule has 2 heterocycles. The zero-order valence-electron chi connectivity index (χ0n) is 16.8. The Morgan fingerprint density at radius 3 is 2.55 bits per heavy atom. The molecule has 2 amide bonds. The standard InChI is InChI=1S/C20H25F2N5O2/c1-25(2)18(28)12-27-8-6-14(7-9-27)23-20(29)16-11-26(3)24-19(16)15-5-4-13(21)10-17(15)22/h4-5,10-11,14H,6-9,12H2,1-3H3,(H,23,29). The Labute approximate surface area is 168 Å². The number of halogens is 2. The van der Waals surface area contributed by atoms with Gasteiger partial charge in [-0.05, 0) is 25.0 Å². The van der Waals surface area contributed by atoms with Gasteiger partial charge < -0.3 is 10.2 Å². The van der Waals surface area contributed by atoms with Crippen molar-refractivity contribution in [1.29, 1.82) is 0 Å². The first kappa shape index (κ1) is 20.9. The van der Waals surface area contributed by atoms with Crippen molar-refractivity contribution in [1.82, 2.24) is 24.9 Å². The fourth-order valence-corrected chi connectivity index (χ4v) is 3.37. The van der Waals surface area contributed by atoms with E-state index in [1.54, 1.807) is 26.0 Å². The van der Waals surface area contributed by atoms with Gasteiger partial charge in [0.05, 0.1) is 12.1 Å². The van der Waals surface area contributed by atoms with Crippen LogP contribution in [0.15, 0.2) is 24.4 Å². The Bertz CT molecular complexity index is 904. The predicted octanol–water partition coefficient (Wildman–Crippen LogP) is 1.65. The van der Waals surface area contributed by atoms with Crippen LogP contribution in [0, 0.1) is 11.6 Å². The molecule has 1 aromatic heterocycles. The molecule has 1 aliphatic rings. The maximum atomic E-state index is 14.2. The van der Waals surface area contributed by atoms with Crippen molar-refractivity contribution in [2.75, 3.05) is 33.7 Å². The van der Waals surface area contributed by atoms with E-state index in [0.29, 0.717) is 32.5 Å². The maximum absolute atomic E-state index is 14.2. The molecule has 0 unspecified atom stereocenters. The summed E-state index contributed by atoms with van der Waals surface area (Å²) in [5.74, 6) is -1.75. The highest BCUT2D eigenvalue weighted by Gasteiger charge is 2.25. The first-order valence-electron chi connectivity index (χ1n) is 9.47. The lowest BCUT2D eigenvalue weighted by molar-refractivity contribution is -0.130. The molecule has 2 aromatic rings. The van der Waals surface area contributed by atoms with Crippen LogP contribution in [0.25, 0.3) is 11.3 Å². The fraction of sp³-hybridized carbons (Fsp3) is 0.450. The van der Waals surface area contributed by atoms with E-state index in [-0.39, 0.29) is 34.7 Å². The second-order valence-electron chi connectivity index (χ2n) is 7.50. The summed E-state index contributed by atoms with van der Waals surface area (Å²) in [5.41, 5.74) is 0.494. The fourth-order valence-electron chi connectivity index (χ4n) is 3.37. The summed E-state index contributed by atoms with van der Waals surface area (Å²) in [5, 5.41) is 7.17. The van der Waals surface area contributed by atoms with Crippen LogP contribution in [0.2, 0.25) is 0 Å². The van der Waals surface area contributed by atoms with Gasteiger partial charge in [-0.25, -0.2) is 8.78 Å². The molecule has 3 rings (SSSR count). The van der Waals surface area contributed by atoms with Gasteiger partial charge in [0.1, 0.15) is 17.3 Å². The van der Waals surface area contributed by atoms with Gasteiger partial charge in [0.25, 0.3) is 5.91 Å². The Hall–Kier alpha value is -2.81. The van der Waals surface area contributed by atoms with E-state index in [1.807, 2.05) is 0 Å². The summed E-state index contributed by atoms with van der Waals surface area (Å²) in [7, 11) is 5.09. The van der Waals surface area contributed by atoms with E-state index < -0.39 is 11.6 Å². The zero-order valence-corrected chi connectivity index (χ0v) is 16.8. The molecule has 0 aliphatic carbocycles. The van der Waals surface area contributed by atoms with Crippen LogP contribution in [0.1, 0.15) is 23.2 Å². The molecule has 0 spiro atoms. The van der Waals surface area contributed by atoms with Gasteiger partial charge in [0.15, 0.2) is 0 Å². The molecule has 7 nitrogen and oxygen atoms in total. The van der Waals surface area contributed by atoms with Crippen molar-refractivity contribution in [3.8, 4) is 11.3 Å². The van der Waals surface area contributed by atoms with E-state index in [1.165, 1.54) is 16.9 Å². The summed E-state index contributed by atoms with van der Waals surface area (Å²) >= 11 is 0. The Balaban J connectivity index is 1.66. The molecule has 1 aliphatic heterocycles. The van der Waals surface area contributed by atoms with Gasteiger partial charge in [-0.3, -0.25) is 19.2 Å². The highest BCUT2D eigenvalue weighted by molar-refractivity contribution is 6.00. The first-order chi connectivity index (χ1) is 13.7. The Morgan fingerprint density at radius 1 is 1.24 bits per heavy atom. The van der Waals surface area contributed by atoms with Crippen molar-refractivity contribution < 1.29 is 18.4 Å². The van der Waals surface area contributed by atoms with Gasteiger partial charge in [-0.1, -0.05) is 0 Å². The highest BCUT2D eigenvalue weighted by atomic mass is 19.1. The number of carbonyl (C=O) groups is 2. The minimum Gasteiger partial charge on any atom is -0.349 e. The lowest BCUT2D eigenvalue weighted by Gasteiger charge is -2.32. The number of likely N-dealkylation sites (tertiary alicyclic amines) is 1. The second kappa shape index (κ2) is 8.69. The number of rotatable bonds is 5. The molecule has 0 saturated carbocycles. The van der Waals surface area contributed by atoms with Crippen molar-refractivity contribution in [2.24, 2.45) is 7.05 Å². The van der Waals surface area contributed by atoms with Crippen LogP contribution in [0.3, 0.4) is 0 Å². The number of aryl methyl sites for hydroxylation is 1. The monoisotopic (exact) mass is 405 g/mol. The molecule has 1 fully saturated rings. The van der Waals surface area contributed by atoms with Gasteiger partial charge in [0, 0.05) is 58.1 Å². The van der Waals surface area contributed by atoms with E-state index in [2.05, 4.69) is 15.3 Å². The number of hydrogen-bond acceptors (Lipinski definition) is 4. The van der Waals surface area contributed by atoms with Gasteiger partial charge >= 0.3 is 0 Å². The minimum atomic E-state index is -0.767. The number of hydrogen-bond donors (Lipinski definition) is 1. The average molecular weight is 405 g/mol. The van der Waals surface area contributed by atoms with Crippen LogP contribution < -0.4 is 5.32 Å². The Kier molecular flexibility index (Phi) is 6.26. The predicted molar refractivity (Wildman–Crippen MR) is 104 cm³/mol. The summed E-state index contributed by atoms with van der Waals surface area (Å²) in [6.07, 6.45) is 2.96. The number of carbonyl (C=O) groups excluding carboxylic acids is 2. The lowest BCUT2D eigenvalue weighted by Crippen LogP contribution is -2.47. The van der Waals surface area contributed by atoms with E-state index in [9.17, 15) is 18.4 Å². The topological polar surface area (TPSA) is 70.5 Å². The van der Waals surface area contributed by atoms with Crippen molar-refractivity contribution in [3.05, 3.63) is 41.6 Å². The van der Waals surface area contributed by atoms with Crippen LogP contribution in [0.5, 0.6) is 0 Å². The molecular weight excluding hydrogens is 380 g/mol. The normalized spacial score (nSPS) is 15.3. The Morgan fingerprint density at radius 2 is 1.93 bits per heavy atom. The quantitative estimate of drug-likeness (QED) is 0.821. The molecule has 0 radical (unpaired) electrons. The number of nitrogens with zero attached hydrogens (tertiary/aromatic N) is 4. The van der Waals surface area contributed by atoms with Crippen LogP contribution in [0.4, 0.5) is 8.78 Å². The van der Waals surface area contributed by atoms with Crippen molar-refractivity contribution in [3.63, 3.8) is 0 Å². The largest absolute Gasteiger partial charge is 0.349 e. The number of benzene rings is 1. The summed E-state index contributed by atoms with van der Waals surface area (Å²) in [6.45, 7) is 1.78. The molecule has 1 N–H and O–H groups in total. The number of piperidine rings is 1. The van der Waals surface area contributed by atoms with Crippen LogP contribution in [-0.4, -0.2) is 71.2 Å². The zero-order chi connectivity index (χ0) is 21.1. The molecule has 29 heavy (non-hydrogen) atoms. The molecule has 0 atom stereocenters. The summed E-state index contributed by atoms with van der Waals surface area (Å²) < 4.78 is 28.8. The third-order valence-corrected chi connectivity index (χ3v) is 5.04.